The van der Waals surface area contributed by atoms with Crippen molar-refractivity contribution in [2.45, 2.75) is 25.4 Å². The molecule has 0 amide bonds. The van der Waals surface area contributed by atoms with Gasteiger partial charge in [0.2, 0.25) is 0 Å². The van der Waals surface area contributed by atoms with Crippen LogP contribution in [-0.2, 0) is 6.42 Å². The first-order valence-corrected chi connectivity index (χ1v) is 5.83. The van der Waals surface area contributed by atoms with Crippen LogP contribution < -0.4 is 9.47 Å². The number of hydrogen-bond acceptors (Lipinski definition) is 2. The summed E-state index contributed by atoms with van der Waals surface area (Å²) >= 11 is 0. The Morgan fingerprint density at radius 1 is 1.47 bits per heavy atom. The summed E-state index contributed by atoms with van der Waals surface area (Å²) in [6, 6.07) is 5.96. The molecule has 0 N–H and O–H groups in total. The van der Waals surface area contributed by atoms with Crippen molar-refractivity contribution in [3.63, 3.8) is 0 Å². The maximum atomic E-state index is 6.03. The summed E-state index contributed by atoms with van der Waals surface area (Å²) in [6.07, 6.45) is 7.75. The van der Waals surface area contributed by atoms with Gasteiger partial charge < -0.3 is 9.47 Å². The van der Waals surface area contributed by atoms with Gasteiger partial charge in [-0.05, 0) is 49.6 Å². The van der Waals surface area contributed by atoms with Crippen LogP contribution in [0.5, 0.6) is 11.5 Å². The standard InChI is InChI=1S/C15H18O2/c1-4-5-9-15(2)10-8-12-11-13(16-3)6-7-14(12)17-15/h4-7,9,11H,1,8,10H2,2-3H3/b9-5+/t15-/m1/s1. The second kappa shape index (κ2) is 4.66. The largest absolute Gasteiger partial charge is 0.497 e. The van der Waals surface area contributed by atoms with Gasteiger partial charge in [-0.3, -0.25) is 0 Å². The van der Waals surface area contributed by atoms with Crippen molar-refractivity contribution in [3.8, 4) is 11.5 Å². The van der Waals surface area contributed by atoms with Gasteiger partial charge in [0.1, 0.15) is 17.1 Å². The van der Waals surface area contributed by atoms with Crippen LogP contribution in [0, 0.1) is 0 Å². The molecule has 1 atom stereocenters. The van der Waals surface area contributed by atoms with Crippen molar-refractivity contribution in [1.29, 1.82) is 0 Å². The zero-order valence-corrected chi connectivity index (χ0v) is 10.4. The summed E-state index contributed by atoms with van der Waals surface area (Å²) in [4.78, 5) is 0. The smallest absolute Gasteiger partial charge is 0.125 e. The van der Waals surface area contributed by atoms with E-state index in [9.17, 15) is 0 Å². The molecule has 2 rings (SSSR count). The molecule has 0 bridgehead atoms. The number of ether oxygens (including phenoxy) is 2. The molecule has 0 aliphatic carbocycles. The Hall–Kier alpha value is -1.70. The van der Waals surface area contributed by atoms with E-state index in [0.717, 1.165) is 24.3 Å². The molecule has 2 heteroatoms. The van der Waals surface area contributed by atoms with Crippen LogP contribution in [0.4, 0.5) is 0 Å². The van der Waals surface area contributed by atoms with Crippen molar-refractivity contribution >= 4 is 0 Å². The van der Waals surface area contributed by atoms with Gasteiger partial charge in [0.15, 0.2) is 0 Å². The minimum Gasteiger partial charge on any atom is -0.497 e. The van der Waals surface area contributed by atoms with Crippen molar-refractivity contribution in [2.75, 3.05) is 7.11 Å². The van der Waals surface area contributed by atoms with Crippen LogP contribution in [0.2, 0.25) is 0 Å². The van der Waals surface area contributed by atoms with E-state index in [4.69, 9.17) is 9.47 Å². The van der Waals surface area contributed by atoms with E-state index in [1.54, 1.807) is 13.2 Å². The van der Waals surface area contributed by atoms with Crippen molar-refractivity contribution in [1.82, 2.24) is 0 Å². The molecular weight excluding hydrogens is 212 g/mol. The summed E-state index contributed by atoms with van der Waals surface area (Å²) in [7, 11) is 1.68. The monoisotopic (exact) mass is 230 g/mol. The number of methoxy groups -OCH3 is 1. The topological polar surface area (TPSA) is 18.5 Å². The van der Waals surface area contributed by atoms with Crippen LogP contribution in [0.25, 0.3) is 0 Å². The number of allylic oxidation sites excluding steroid dienone is 2. The number of hydrogen-bond donors (Lipinski definition) is 0. The number of fused-ring (bicyclic) bond motifs is 1. The molecule has 17 heavy (non-hydrogen) atoms. The molecule has 0 unspecified atom stereocenters. The molecule has 1 heterocycles. The summed E-state index contributed by atoms with van der Waals surface area (Å²) in [5.74, 6) is 1.84. The van der Waals surface area contributed by atoms with Gasteiger partial charge in [0.25, 0.3) is 0 Å². The summed E-state index contributed by atoms with van der Waals surface area (Å²) in [6.45, 7) is 5.78. The minimum absolute atomic E-state index is 0.226. The first-order chi connectivity index (χ1) is 8.17. The molecular formula is C15H18O2. The number of benzene rings is 1. The molecule has 0 aromatic heterocycles. The van der Waals surface area contributed by atoms with E-state index < -0.39 is 0 Å². The van der Waals surface area contributed by atoms with E-state index in [-0.39, 0.29) is 5.60 Å². The fourth-order valence-corrected chi connectivity index (χ4v) is 2.05. The second-order valence-corrected chi connectivity index (χ2v) is 4.48. The quantitative estimate of drug-likeness (QED) is 0.740. The highest BCUT2D eigenvalue weighted by Crippen LogP contribution is 2.35. The van der Waals surface area contributed by atoms with Gasteiger partial charge in [0, 0.05) is 0 Å². The zero-order chi connectivity index (χ0) is 12.3. The van der Waals surface area contributed by atoms with Gasteiger partial charge in [-0.25, -0.2) is 0 Å². The molecule has 1 aromatic carbocycles. The third-order valence-electron chi connectivity index (χ3n) is 3.09. The van der Waals surface area contributed by atoms with Gasteiger partial charge in [-0.1, -0.05) is 18.7 Å². The van der Waals surface area contributed by atoms with E-state index in [1.807, 2.05) is 24.3 Å². The Labute approximate surface area is 103 Å². The first kappa shape index (κ1) is 11.8. The third kappa shape index (κ3) is 2.52. The van der Waals surface area contributed by atoms with Crippen molar-refractivity contribution in [2.24, 2.45) is 0 Å². The van der Waals surface area contributed by atoms with E-state index >= 15 is 0 Å². The van der Waals surface area contributed by atoms with Crippen LogP contribution in [0.3, 0.4) is 0 Å². The van der Waals surface area contributed by atoms with Crippen LogP contribution in [0.1, 0.15) is 18.9 Å². The molecule has 1 aromatic rings. The summed E-state index contributed by atoms with van der Waals surface area (Å²) in [5.41, 5.74) is 0.990. The number of aryl methyl sites for hydroxylation is 1. The molecule has 1 aliphatic rings. The van der Waals surface area contributed by atoms with Crippen LogP contribution >= 0.6 is 0 Å². The molecule has 0 saturated carbocycles. The fourth-order valence-electron chi connectivity index (χ4n) is 2.05. The first-order valence-electron chi connectivity index (χ1n) is 5.83. The van der Waals surface area contributed by atoms with E-state index in [0.29, 0.717) is 0 Å². The van der Waals surface area contributed by atoms with Gasteiger partial charge in [-0.2, -0.15) is 0 Å². The third-order valence-corrected chi connectivity index (χ3v) is 3.09. The number of rotatable bonds is 3. The SMILES string of the molecule is C=C/C=C/[C@]1(C)CCc2cc(OC)ccc2O1. The van der Waals surface area contributed by atoms with Gasteiger partial charge in [-0.15, -0.1) is 0 Å². The van der Waals surface area contributed by atoms with E-state index in [2.05, 4.69) is 19.6 Å². The van der Waals surface area contributed by atoms with Crippen molar-refractivity contribution in [3.05, 3.63) is 48.6 Å². The molecule has 0 fully saturated rings. The van der Waals surface area contributed by atoms with E-state index in [1.165, 1.54) is 5.56 Å². The highest BCUT2D eigenvalue weighted by atomic mass is 16.5. The van der Waals surface area contributed by atoms with Gasteiger partial charge in [0.05, 0.1) is 7.11 Å². The lowest BCUT2D eigenvalue weighted by Crippen LogP contribution is -2.34. The minimum atomic E-state index is -0.226. The second-order valence-electron chi connectivity index (χ2n) is 4.48. The lowest BCUT2D eigenvalue weighted by molar-refractivity contribution is 0.114. The molecule has 0 radical (unpaired) electrons. The normalized spacial score (nSPS) is 22.9. The Balaban J connectivity index is 2.24. The predicted molar refractivity (Wildman–Crippen MR) is 69.7 cm³/mol. The Kier molecular flexibility index (Phi) is 3.23. The zero-order valence-electron chi connectivity index (χ0n) is 10.4. The Bertz CT molecular complexity index is 448. The molecule has 90 valence electrons. The average molecular weight is 230 g/mol. The van der Waals surface area contributed by atoms with Crippen LogP contribution in [-0.4, -0.2) is 12.7 Å². The summed E-state index contributed by atoms with van der Waals surface area (Å²) < 4.78 is 11.2. The maximum Gasteiger partial charge on any atom is 0.125 e. The Morgan fingerprint density at radius 3 is 3.00 bits per heavy atom. The molecule has 0 saturated heterocycles. The van der Waals surface area contributed by atoms with Crippen molar-refractivity contribution < 1.29 is 9.47 Å². The molecule has 2 nitrogen and oxygen atoms in total. The average Bonchev–Trinajstić information content (AvgIpc) is 2.36. The maximum absolute atomic E-state index is 6.03. The molecule has 0 spiro atoms. The highest BCUT2D eigenvalue weighted by Gasteiger charge is 2.28. The summed E-state index contributed by atoms with van der Waals surface area (Å²) in [5, 5.41) is 0. The van der Waals surface area contributed by atoms with Gasteiger partial charge >= 0.3 is 0 Å². The lowest BCUT2D eigenvalue weighted by atomic mass is 9.92. The highest BCUT2D eigenvalue weighted by molar-refractivity contribution is 5.42. The van der Waals surface area contributed by atoms with Crippen LogP contribution in [0.15, 0.2) is 43.0 Å². The lowest BCUT2D eigenvalue weighted by Gasteiger charge is -2.33. The Morgan fingerprint density at radius 2 is 2.29 bits per heavy atom. The predicted octanol–water partition coefficient (Wildman–Crippen LogP) is 3.52. The molecule has 1 aliphatic heterocycles. The fraction of sp³-hybridized carbons (Fsp3) is 0.333.